The smallest absolute Gasteiger partial charge is 0.235 e. The standard InChI is InChI=1S/C14H15F2NS/c1-7(2)9-6-10(9)8-3-4-11-12(5-8)18-14(17-11)13(15)16/h3-5,7,9-10,13H,6H2,1-2H3/t9-,10-/m1/s1. The topological polar surface area (TPSA) is 12.9 Å². The predicted molar refractivity (Wildman–Crippen MR) is 70.3 cm³/mol. The molecule has 0 N–H and O–H groups in total. The van der Waals surface area contributed by atoms with Crippen LogP contribution in [0.5, 0.6) is 0 Å². The Labute approximate surface area is 109 Å². The number of thiazole rings is 1. The van der Waals surface area contributed by atoms with Gasteiger partial charge in [0.15, 0.2) is 5.01 Å². The van der Waals surface area contributed by atoms with Crippen LogP contribution in [0.3, 0.4) is 0 Å². The van der Waals surface area contributed by atoms with Crippen LogP contribution in [0.1, 0.15) is 43.2 Å². The highest BCUT2D eigenvalue weighted by Crippen LogP contribution is 2.52. The van der Waals surface area contributed by atoms with Gasteiger partial charge < -0.3 is 0 Å². The summed E-state index contributed by atoms with van der Waals surface area (Å²) in [5, 5.41) is -0.0710. The van der Waals surface area contributed by atoms with Crippen molar-refractivity contribution in [3.8, 4) is 0 Å². The van der Waals surface area contributed by atoms with E-state index in [2.05, 4.69) is 18.8 Å². The maximum atomic E-state index is 12.6. The van der Waals surface area contributed by atoms with Crippen molar-refractivity contribution in [3.05, 3.63) is 28.8 Å². The Morgan fingerprint density at radius 3 is 2.72 bits per heavy atom. The second-order valence-corrected chi connectivity index (χ2v) is 6.39. The molecule has 2 aromatic rings. The van der Waals surface area contributed by atoms with Gasteiger partial charge in [0.25, 0.3) is 6.43 Å². The second kappa shape index (κ2) is 4.26. The molecular formula is C14H15F2NS. The number of hydrogen-bond donors (Lipinski definition) is 0. The van der Waals surface area contributed by atoms with Crippen LogP contribution >= 0.6 is 11.3 Å². The Hall–Kier alpha value is -1.03. The van der Waals surface area contributed by atoms with Crippen molar-refractivity contribution >= 4 is 21.6 Å². The van der Waals surface area contributed by atoms with Gasteiger partial charge >= 0.3 is 0 Å². The van der Waals surface area contributed by atoms with Gasteiger partial charge in [0.2, 0.25) is 0 Å². The Bertz CT molecular complexity index is 576. The van der Waals surface area contributed by atoms with Crippen LogP contribution in [-0.4, -0.2) is 4.98 Å². The molecule has 4 heteroatoms. The van der Waals surface area contributed by atoms with Crippen molar-refractivity contribution in [2.24, 2.45) is 11.8 Å². The third-order valence-electron chi connectivity index (χ3n) is 3.74. The Kier molecular flexibility index (Phi) is 2.85. The van der Waals surface area contributed by atoms with E-state index in [1.807, 2.05) is 18.2 Å². The fourth-order valence-electron chi connectivity index (χ4n) is 2.62. The highest BCUT2D eigenvalue weighted by atomic mass is 32.1. The van der Waals surface area contributed by atoms with Crippen LogP contribution in [0.15, 0.2) is 18.2 Å². The molecule has 1 aromatic heterocycles. The minimum Gasteiger partial charge on any atom is -0.235 e. The van der Waals surface area contributed by atoms with Gasteiger partial charge in [-0.15, -0.1) is 11.3 Å². The molecule has 2 atom stereocenters. The first kappa shape index (κ1) is 12.0. The lowest BCUT2D eigenvalue weighted by Gasteiger charge is -2.03. The van der Waals surface area contributed by atoms with Crippen molar-refractivity contribution < 1.29 is 8.78 Å². The lowest BCUT2D eigenvalue weighted by Crippen LogP contribution is -1.92. The number of aromatic nitrogens is 1. The molecule has 1 nitrogen and oxygen atoms in total. The molecule has 0 bridgehead atoms. The van der Waals surface area contributed by atoms with E-state index >= 15 is 0 Å². The van der Waals surface area contributed by atoms with Gasteiger partial charge in [0.05, 0.1) is 10.2 Å². The van der Waals surface area contributed by atoms with Crippen molar-refractivity contribution in [2.75, 3.05) is 0 Å². The Morgan fingerprint density at radius 2 is 2.11 bits per heavy atom. The van der Waals surface area contributed by atoms with Gasteiger partial charge in [0, 0.05) is 0 Å². The highest BCUT2D eigenvalue weighted by Gasteiger charge is 2.40. The van der Waals surface area contributed by atoms with Gasteiger partial charge in [-0.05, 0) is 41.9 Å². The molecule has 0 saturated heterocycles. The first-order valence-electron chi connectivity index (χ1n) is 6.25. The molecule has 0 spiro atoms. The minimum atomic E-state index is -2.46. The fraction of sp³-hybridized carbons (Fsp3) is 0.500. The second-order valence-electron chi connectivity index (χ2n) is 5.33. The molecule has 1 aliphatic rings. The zero-order chi connectivity index (χ0) is 12.9. The summed E-state index contributed by atoms with van der Waals surface area (Å²) in [5.74, 6) is 2.07. The summed E-state index contributed by atoms with van der Waals surface area (Å²) in [6.07, 6.45) is -1.24. The predicted octanol–water partition coefficient (Wildman–Crippen LogP) is 4.99. The molecule has 0 radical (unpaired) electrons. The van der Waals surface area contributed by atoms with E-state index in [9.17, 15) is 8.78 Å². The average Bonchev–Trinajstić information content (AvgIpc) is 3.01. The van der Waals surface area contributed by atoms with Gasteiger partial charge in [-0.25, -0.2) is 13.8 Å². The van der Waals surface area contributed by atoms with Crippen LogP contribution in [0.25, 0.3) is 10.2 Å². The third kappa shape index (κ3) is 2.03. The maximum Gasteiger partial charge on any atom is 0.289 e. The Morgan fingerprint density at radius 1 is 1.33 bits per heavy atom. The summed E-state index contributed by atoms with van der Waals surface area (Å²) < 4.78 is 26.1. The van der Waals surface area contributed by atoms with Crippen molar-refractivity contribution in [3.63, 3.8) is 0 Å². The third-order valence-corrected chi connectivity index (χ3v) is 4.77. The summed E-state index contributed by atoms with van der Waals surface area (Å²) in [7, 11) is 0. The maximum absolute atomic E-state index is 12.6. The highest BCUT2D eigenvalue weighted by molar-refractivity contribution is 7.18. The number of halogens is 2. The number of hydrogen-bond acceptors (Lipinski definition) is 2. The molecule has 0 amide bonds. The first-order chi connectivity index (χ1) is 8.56. The number of alkyl halides is 2. The number of fused-ring (bicyclic) bond motifs is 1. The first-order valence-corrected chi connectivity index (χ1v) is 7.06. The SMILES string of the molecule is CC(C)[C@H]1C[C@@H]1c1ccc2nc(C(F)F)sc2c1. The van der Waals surface area contributed by atoms with Crippen LogP contribution in [0.2, 0.25) is 0 Å². The van der Waals surface area contributed by atoms with E-state index in [0.717, 1.165) is 22.0 Å². The van der Waals surface area contributed by atoms with E-state index < -0.39 is 6.43 Å². The lowest BCUT2D eigenvalue weighted by atomic mass is 10.0. The largest absolute Gasteiger partial charge is 0.289 e. The Balaban J connectivity index is 1.92. The van der Waals surface area contributed by atoms with Crippen molar-refractivity contribution in [1.29, 1.82) is 0 Å². The summed E-state index contributed by atoms with van der Waals surface area (Å²) in [6, 6.07) is 5.97. The molecule has 1 saturated carbocycles. The molecule has 1 aromatic carbocycles. The monoisotopic (exact) mass is 267 g/mol. The molecule has 0 aliphatic heterocycles. The minimum absolute atomic E-state index is 0.0710. The van der Waals surface area contributed by atoms with E-state index in [0.29, 0.717) is 17.4 Å². The normalized spacial score (nSPS) is 23.2. The van der Waals surface area contributed by atoms with Crippen molar-refractivity contribution in [1.82, 2.24) is 4.98 Å². The zero-order valence-electron chi connectivity index (χ0n) is 10.4. The molecule has 1 aliphatic carbocycles. The quantitative estimate of drug-likeness (QED) is 0.763. The fourth-order valence-corrected chi connectivity index (χ4v) is 3.49. The number of benzene rings is 1. The zero-order valence-corrected chi connectivity index (χ0v) is 11.2. The molecule has 1 heterocycles. The molecule has 3 rings (SSSR count). The van der Waals surface area contributed by atoms with Gasteiger partial charge in [0.1, 0.15) is 0 Å². The molecule has 96 valence electrons. The molecule has 0 unspecified atom stereocenters. The van der Waals surface area contributed by atoms with Crippen molar-refractivity contribution in [2.45, 2.75) is 32.6 Å². The van der Waals surface area contributed by atoms with Gasteiger partial charge in [-0.3, -0.25) is 0 Å². The molecular weight excluding hydrogens is 252 g/mol. The molecule has 18 heavy (non-hydrogen) atoms. The van der Waals surface area contributed by atoms with Crippen LogP contribution in [0, 0.1) is 11.8 Å². The number of nitrogens with zero attached hydrogens (tertiary/aromatic N) is 1. The van der Waals surface area contributed by atoms with Crippen LogP contribution in [0.4, 0.5) is 8.78 Å². The van der Waals surface area contributed by atoms with E-state index in [1.165, 1.54) is 12.0 Å². The summed E-state index contributed by atoms with van der Waals surface area (Å²) in [6.45, 7) is 4.48. The van der Waals surface area contributed by atoms with E-state index in [-0.39, 0.29) is 5.01 Å². The van der Waals surface area contributed by atoms with E-state index in [1.54, 1.807) is 0 Å². The summed E-state index contributed by atoms with van der Waals surface area (Å²) in [5.41, 5.74) is 1.98. The van der Waals surface area contributed by atoms with Crippen LogP contribution in [-0.2, 0) is 0 Å². The lowest BCUT2D eigenvalue weighted by molar-refractivity contribution is 0.151. The summed E-state index contributed by atoms with van der Waals surface area (Å²) >= 11 is 1.11. The van der Waals surface area contributed by atoms with Gasteiger partial charge in [-0.2, -0.15) is 0 Å². The molecule has 1 fully saturated rings. The number of rotatable bonds is 3. The van der Waals surface area contributed by atoms with Crippen LogP contribution < -0.4 is 0 Å². The average molecular weight is 267 g/mol. The van der Waals surface area contributed by atoms with E-state index in [4.69, 9.17) is 0 Å². The summed E-state index contributed by atoms with van der Waals surface area (Å²) in [4.78, 5) is 3.96. The van der Waals surface area contributed by atoms with Gasteiger partial charge in [-0.1, -0.05) is 19.9 Å².